The van der Waals surface area contributed by atoms with Crippen molar-refractivity contribution in [3.8, 4) is 0 Å². The van der Waals surface area contributed by atoms with Crippen LogP contribution >= 0.6 is 0 Å². The van der Waals surface area contributed by atoms with Gasteiger partial charge in [0.25, 0.3) is 0 Å². The number of esters is 2. The molecule has 1 aromatic rings. The van der Waals surface area contributed by atoms with Gasteiger partial charge in [0.05, 0.1) is 25.6 Å². The van der Waals surface area contributed by atoms with E-state index >= 15 is 0 Å². The Balaban J connectivity index is 3.08. The van der Waals surface area contributed by atoms with Gasteiger partial charge in [-0.15, -0.1) is 0 Å². The summed E-state index contributed by atoms with van der Waals surface area (Å²) in [5.41, 5.74) is 0.124. The fraction of sp³-hybridized carbons (Fsp3) is 0.500. The van der Waals surface area contributed by atoms with Gasteiger partial charge in [0.1, 0.15) is 0 Å². The molecule has 4 nitrogen and oxygen atoms in total. The highest BCUT2D eigenvalue weighted by molar-refractivity contribution is 5.79. The van der Waals surface area contributed by atoms with E-state index in [1.807, 2.05) is 30.3 Å². The molecule has 110 valence electrons. The molecule has 1 atom stereocenters. The normalized spacial score (nSPS) is 12.6. The second-order valence-electron chi connectivity index (χ2n) is 5.19. The van der Waals surface area contributed by atoms with Crippen molar-refractivity contribution in [2.24, 2.45) is 5.41 Å². The van der Waals surface area contributed by atoms with Crippen LogP contribution in [0.25, 0.3) is 0 Å². The van der Waals surface area contributed by atoms with Crippen LogP contribution < -0.4 is 0 Å². The molecule has 0 amide bonds. The van der Waals surface area contributed by atoms with Crippen molar-refractivity contribution >= 4 is 11.9 Å². The number of carbonyl (C=O) groups is 2. The van der Waals surface area contributed by atoms with Gasteiger partial charge in [-0.2, -0.15) is 0 Å². The van der Waals surface area contributed by atoms with E-state index in [1.165, 1.54) is 7.11 Å². The fourth-order valence-electron chi connectivity index (χ4n) is 2.27. The lowest BCUT2D eigenvalue weighted by molar-refractivity contribution is -0.153. The Morgan fingerprint density at radius 1 is 1.20 bits per heavy atom. The lowest BCUT2D eigenvalue weighted by atomic mass is 9.73. The molecule has 0 aliphatic heterocycles. The molecule has 0 bridgehead atoms. The first-order chi connectivity index (χ1) is 9.43. The maximum atomic E-state index is 12.0. The molecule has 0 aliphatic carbocycles. The van der Waals surface area contributed by atoms with E-state index < -0.39 is 5.41 Å². The minimum absolute atomic E-state index is 0.153. The zero-order chi connectivity index (χ0) is 15.2. The van der Waals surface area contributed by atoms with Crippen LogP contribution in [-0.2, 0) is 19.1 Å². The van der Waals surface area contributed by atoms with E-state index in [1.54, 1.807) is 20.8 Å². The molecule has 4 heteroatoms. The van der Waals surface area contributed by atoms with Crippen molar-refractivity contribution in [1.29, 1.82) is 0 Å². The number of hydrogen-bond acceptors (Lipinski definition) is 4. The third kappa shape index (κ3) is 3.83. The van der Waals surface area contributed by atoms with Gasteiger partial charge in [0, 0.05) is 5.92 Å². The zero-order valence-corrected chi connectivity index (χ0v) is 12.5. The van der Waals surface area contributed by atoms with Crippen molar-refractivity contribution < 1.29 is 19.1 Å². The summed E-state index contributed by atoms with van der Waals surface area (Å²) in [6, 6.07) is 9.50. The van der Waals surface area contributed by atoms with Gasteiger partial charge in [0.2, 0.25) is 0 Å². The van der Waals surface area contributed by atoms with Crippen LogP contribution in [0.1, 0.15) is 38.7 Å². The van der Waals surface area contributed by atoms with Gasteiger partial charge in [-0.3, -0.25) is 9.59 Å². The number of rotatable bonds is 6. The van der Waals surface area contributed by atoms with E-state index in [-0.39, 0.29) is 24.3 Å². The molecule has 1 rings (SSSR count). The topological polar surface area (TPSA) is 52.6 Å². The lowest BCUT2D eigenvalue weighted by Crippen LogP contribution is -2.34. The second-order valence-corrected chi connectivity index (χ2v) is 5.19. The lowest BCUT2D eigenvalue weighted by Gasteiger charge is -2.31. The SMILES string of the molecule is CCOC(=O)CC(c1ccccc1)C(C)(C)C(=O)OC. The summed E-state index contributed by atoms with van der Waals surface area (Å²) in [4.78, 5) is 23.8. The smallest absolute Gasteiger partial charge is 0.311 e. The van der Waals surface area contributed by atoms with E-state index in [4.69, 9.17) is 9.47 Å². The number of ether oxygens (including phenoxy) is 2. The summed E-state index contributed by atoms with van der Waals surface area (Å²) in [7, 11) is 1.36. The van der Waals surface area contributed by atoms with E-state index in [0.29, 0.717) is 6.61 Å². The number of benzene rings is 1. The average Bonchev–Trinajstić information content (AvgIpc) is 2.44. The summed E-state index contributed by atoms with van der Waals surface area (Å²) >= 11 is 0. The molecule has 0 aliphatic rings. The zero-order valence-electron chi connectivity index (χ0n) is 12.5. The number of carbonyl (C=O) groups excluding carboxylic acids is 2. The predicted molar refractivity (Wildman–Crippen MR) is 76.2 cm³/mol. The molecule has 0 heterocycles. The van der Waals surface area contributed by atoms with Crippen LogP contribution in [0, 0.1) is 5.41 Å². The Bertz CT molecular complexity index is 451. The molecule has 0 aromatic heterocycles. The van der Waals surface area contributed by atoms with Gasteiger partial charge >= 0.3 is 11.9 Å². The first-order valence-corrected chi connectivity index (χ1v) is 6.72. The van der Waals surface area contributed by atoms with Crippen molar-refractivity contribution in [2.45, 2.75) is 33.1 Å². The second kappa shape index (κ2) is 7.08. The molecule has 0 spiro atoms. The molecule has 0 saturated heterocycles. The first kappa shape index (κ1) is 16.2. The van der Waals surface area contributed by atoms with Crippen LogP contribution in [0.5, 0.6) is 0 Å². The molecule has 20 heavy (non-hydrogen) atoms. The van der Waals surface area contributed by atoms with Crippen LogP contribution in [0.3, 0.4) is 0 Å². The van der Waals surface area contributed by atoms with Gasteiger partial charge in [-0.25, -0.2) is 0 Å². The Labute approximate surface area is 120 Å². The highest BCUT2D eigenvalue weighted by atomic mass is 16.5. The predicted octanol–water partition coefficient (Wildman–Crippen LogP) is 2.92. The molecular formula is C16H22O4. The van der Waals surface area contributed by atoms with Crippen molar-refractivity contribution in [3.63, 3.8) is 0 Å². The minimum atomic E-state index is -0.803. The summed E-state index contributed by atoms with van der Waals surface area (Å²) in [5.74, 6) is -0.927. The van der Waals surface area contributed by atoms with Crippen LogP contribution in [0.15, 0.2) is 30.3 Å². The van der Waals surface area contributed by atoms with Crippen LogP contribution in [0.2, 0.25) is 0 Å². The van der Waals surface area contributed by atoms with E-state index in [2.05, 4.69) is 0 Å². The Morgan fingerprint density at radius 3 is 2.30 bits per heavy atom. The Hall–Kier alpha value is -1.84. The molecule has 0 radical (unpaired) electrons. The highest BCUT2D eigenvalue weighted by Gasteiger charge is 2.40. The van der Waals surface area contributed by atoms with Crippen molar-refractivity contribution in [2.75, 3.05) is 13.7 Å². The Morgan fingerprint density at radius 2 is 1.80 bits per heavy atom. The minimum Gasteiger partial charge on any atom is -0.469 e. The number of hydrogen-bond donors (Lipinski definition) is 0. The third-order valence-corrected chi connectivity index (χ3v) is 3.46. The van der Waals surface area contributed by atoms with Gasteiger partial charge < -0.3 is 9.47 Å². The first-order valence-electron chi connectivity index (χ1n) is 6.72. The summed E-state index contributed by atoms with van der Waals surface area (Å²) in [5, 5.41) is 0. The molecule has 0 saturated carbocycles. The third-order valence-electron chi connectivity index (χ3n) is 3.46. The van der Waals surface area contributed by atoms with Crippen LogP contribution in [-0.4, -0.2) is 25.7 Å². The summed E-state index contributed by atoms with van der Waals surface area (Å²) in [6.07, 6.45) is 0.153. The number of methoxy groups -OCH3 is 1. The molecular weight excluding hydrogens is 256 g/mol. The largest absolute Gasteiger partial charge is 0.469 e. The average molecular weight is 278 g/mol. The van der Waals surface area contributed by atoms with Crippen molar-refractivity contribution in [3.05, 3.63) is 35.9 Å². The summed E-state index contributed by atoms with van der Waals surface area (Å²) < 4.78 is 9.88. The maximum absolute atomic E-state index is 12.0. The standard InChI is InChI=1S/C16H22O4/c1-5-20-14(17)11-13(12-9-7-6-8-10-12)16(2,3)15(18)19-4/h6-10,13H,5,11H2,1-4H3. The molecule has 0 N–H and O–H groups in total. The molecule has 0 fully saturated rings. The van der Waals surface area contributed by atoms with Gasteiger partial charge in [-0.1, -0.05) is 30.3 Å². The van der Waals surface area contributed by atoms with Crippen molar-refractivity contribution in [1.82, 2.24) is 0 Å². The molecule has 1 aromatic carbocycles. The van der Waals surface area contributed by atoms with E-state index in [0.717, 1.165) is 5.56 Å². The van der Waals surface area contributed by atoms with Gasteiger partial charge in [0.15, 0.2) is 0 Å². The van der Waals surface area contributed by atoms with Gasteiger partial charge in [-0.05, 0) is 26.3 Å². The molecule has 1 unspecified atom stereocenters. The monoisotopic (exact) mass is 278 g/mol. The Kier molecular flexibility index (Phi) is 5.74. The van der Waals surface area contributed by atoms with Crippen LogP contribution in [0.4, 0.5) is 0 Å². The maximum Gasteiger partial charge on any atom is 0.311 e. The quantitative estimate of drug-likeness (QED) is 0.751. The van der Waals surface area contributed by atoms with E-state index in [9.17, 15) is 9.59 Å². The fourth-order valence-corrected chi connectivity index (χ4v) is 2.27. The summed E-state index contributed by atoms with van der Waals surface area (Å²) in [6.45, 7) is 5.67. The highest BCUT2D eigenvalue weighted by Crippen LogP contribution is 2.39.